The molecule has 13 heavy (non-hydrogen) atoms. The van der Waals surface area contributed by atoms with Crippen molar-refractivity contribution in [2.75, 3.05) is 18.5 Å². The summed E-state index contributed by atoms with van der Waals surface area (Å²) >= 11 is 0. The maximum atomic E-state index is 3.37. The van der Waals surface area contributed by atoms with Gasteiger partial charge in [-0.25, -0.2) is 0 Å². The number of hydrogen-bond donors (Lipinski definition) is 1. The number of rotatable bonds is 2. The van der Waals surface area contributed by atoms with Crippen molar-refractivity contribution in [1.82, 2.24) is 4.98 Å². The van der Waals surface area contributed by atoms with Gasteiger partial charge in [0.15, 0.2) is 0 Å². The first-order valence-electron chi connectivity index (χ1n) is 4.60. The van der Waals surface area contributed by atoms with Crippen LogP contribution in [-0.4, -0.2) is 18.6 Å². The van der Waals surface area contributed by atoms with Crippen molar-refractivity contribution in [3.8, 4) is 0 Å². The zero-order valence-electron chi connectivity index (χ0n) is 8.04. The minimum Gasteiger partial charge on any atom is -0.361 e. The molecule has 1 aromatic heterocycles. The van der Waals surface area contributed by atoms with E-state index in [1.54, 1.807) is 0 Å². The SMILES string of the molecule is CCN(C)c1cc2ccccc2[nH]1. The fourth-order valence-electron chi connectivity index (χ4n) is 1.43. The van der Waals surface area contributed by atoms with Crippen molar-refractivity contribution < 1.29 is 0 Å². The van der Waals surface area contributed by atoms with E-state index in [0.29, 0.717) is 0 Å². The Kier molecular flexibility index (Phi) is 1.97. The highest BCUT2D eigenvalue weighted by Gasteiger charge is 2.01. The predicted molar refractivity (Wildman–Crippen MR) is 57.2 cm³/mol. The Morgan fingerprint density at radius 3 is 2.77 bits per heavy atom. The molecule has 2 heteroatoms. The molecule has 0 fully saturated rings. The summed E-state index contributed by atoms with van der Waals surface area (Å²) in [7, 11) is 2.09. The largest absolute Gasteiger partial charge is 0.361 e. The van der Waals surface area contributed by atoms with Crippen LogP contribution in [0, 0.1) is 0 Å². The highest BCUT2D eigenvalue weighted by Crippen LogP contribution is 2.20. The summed E-state index contributed by atoms with van der Waals surface area (Å²) in [5.41, 5.74) is 1.21. The van der Waals surface area contributed by atoms with Crippen LogP contribution in [0.2, 0.25) is 0 Å². The standard InChI is InChI=1S/C11H14N2/c1-3-13(2)11-8-9-6-4-5-7-10(9)12-11/h4-8,12H,3H2,1-2H3. The Morgan fingerprint density at radius 1 is 1.31 bits per heavy atom. The van der Waals surface area contributed by atoms with Crippen molar-refractivity contribution in [1.29, 1.82) is 0 Å². The maximum Gasteiger partial charge on any atom is 0.106 e. The first-order chi connectivity index (χ1) is 6.31. The Bertz CT molecular complexity index is 370. The van der Waals surface area contributed by atoms with E-state index in [0.717, 1.165) is 6.54 Å². The van der Waals surface area contributed by atoms with E-state index in [1.165, 1.54) is 16.7 Å². The van der Waals surface area contributed by atoms with Gasteiger partial charge in [-0.15, -0.1) is 0 Å². The Labute approximate surface area is 78.2 Å². The monoisotopic (exact) mass is 174 g/mol. The summed E-state index contributed by atoms with van der Waals surface area (Å²) in [5, 5.41) is 1.28. The third kappa shape index (κ3) is 1.39. The molecule has 0 spiro atoms. The molecule has 68 valence electrons. The molecule has 0 aliphatic rings. The molecule has 0 saturated carbocycles. The van der Waals surface area contributed by atoms with Gasteiger partial charge in [0.25, 0.3) is 0 Å². The molecule has 2 rings (SSSR count). The molecule has 1 heterocycles. The highest BCUT2D eigenvalue weighted by molar-refractivity contribution is 5.83. The molecular weight excluding hydrogens is 160 g/mol. The number of para-hydroxylation sites is 1. The number of aromatic amines is 1. The summed E-state index contributed by atoms with van der Waals surface area (Å²) in [6.45, 7) is 3.17. The molecule has 0 amide bonds. The van der Waals surface area contributed by atoms with Crippen molar-refractivity contribution >= 4 is 16.7 Å². The van der Waals surface area contributed by atoms with Crippen molar-refractivity contribution in [2.24, 2.45) is 0 Å². The molecule has 0 unspecified atom stereocenters. The van der Waals surface area contributed by atoms with Gasteiger partial charge in [0.05, 0.1) is 0 Å². The van der Waals surface area contributed by atoms with E-state index in [1.807, 2.05) is 0 Å². The van der Waals surface area contributed by atoms with Crippen LogP contribution in [0.1, 0.15) is 6.92 Å². The van der Waals surface area contributed by atoms with Crippen LogP contribution in [0.3, 0.4) is 0 Å². The maximum absolute atomic E-state index is 3.37. The number of nitrogens with one attached hydrogen (secondary N) is 1. The molecule has 1 N–H and O–H groups in total. The molecule has 0 radical (unpaired) electrons. The van der Waals surface area contributed by atoms with Gasteiger partial charge < -0.3 is 9.88 Å². The summed E-state index contributed by atoms with van der Waals surface area (Å²) in [6.07, 6.45) is 0. The van der Waals surface area contributed by atoms with E-state index < -0.39 is 0 Å². The quantitative estimate of drug-likeness (QED) is 0.741. The Morgan fingerprint density at radius 2 is 2.08 bits per heavy atom. The van der Waals surface area contributed by atoms with E-state index in [9.17, 15) is 0 Å². The zero-order chi connectivity index (χ0) is 9.26. The van der Waals surface area contributed by atoms with E-state index in [4.69, 9.17) is 0 Å². The smallest absolute Gasteiger partial charge is 0.106 e. The lowest BCUT2D eigenvalue weighted by atomic mass is 10.2. The molecular formula is C11H14N2. The zero-order valence-corrected chi connectivity index (χ0v) is 8.04. The first kappa shape index (κ1) is 8.17. The second-order valence-electron chi connectivity index (χ2n) is 3.26. The summed E-state index contributed by atoms with van der Waals surface area (Å²) < 4.78 is 0. The van der Waals surface area contributed by atoms with Gasteiger partial charge in [-0.2, -0.15) is 0 Å². The van der Waals surface area contributed by atoms with E-state index in [2.05, 4.69) is 54.2 Å². The minimum absolute atomic E-state index is 1.02. The van der Waals surface area contributed by atoms with Crippen LogP contribution in [0.5, 0.6) is 0 Å². The Balaban J connectivity index is 2.49. The summed E-state index contributed by atoms with van der Waals surface area (Å²) in [5.74, 6) is 1.18. The molecule has 0 aliphatic heterocycles. The molecule has 1 aromatic carbocycles. The van der Waals surface area contributed by atoms with Crippen molar-refractivity contribution in [3.05, 3.63) is 30.3 Å². The fourth-order valence-corrected chi connectivity index (χ4v) is 1.43. The number of aromatic nitrogens is 1. The summed E-state index contributed by atoms with van der Waals surface area (Å²) in [4.78, 5) is 5.57. The number of hydrogen-bond acceptors (Lipinski definition) is 1. The first-order valence-corrected chi connectivity index (χ1v) is 4.60. The lowest BCUT2D eigenvalue weighted by molar-refractivity contribution is 0.949. The number of benzene rings is 1. The molecule has 0 saturated heterocycles. The number of anilines is 1. The second kappa shape index (κ2) is 3.13. The van der Waals surface area contributed by atoms with Crippen LogP contribution in [0.15, 0.2) is 30.3 Å². The molecule has 2 nitrogen and oxygen atoms in total. The topological polar surface area (TPSA) is 19.0 Å². The normalized spacial score (nSPS) is 10.6. The van der Waals surface area contributed by atoms with Gasteiger partial charge >= 0.3 is 0 Å². The van der Waals surface area contributed by atoms with Gasteiger partial charge in [0.2, 0.25) is 0 Å². The van der Waals surface area contributed by atoms with E-state index in [-0.39, 0.29) is 0 Å². The highest BCUT2D eigenvalue weighted by atomic mass is 15.2. The fraction of sp³-hybridized carbons (Fsp3) is 0.273. The predicted octanol–water partition coefficient (Wildman–Crippen LogP) is 2.62. The van der Waals surface area contributed by atoms with Gasteiger partial charge in [-0.05, 0) is 19.1 Å². The third-order valence-electron chi connectivity index (χ3n) is 2.40. The van der Waals surface area contributed by atoms with Gasteiger partial charge in [0.1, 0.15) is 5.82 Å². The molecule has 0 atom stereocenters. The van der Waals surface area contributed by atoms with Crippen LogP contribution in [0.25, 0.3) is 10.9 Å². The molecule has 2 aromatic rings. The van der Waals surface area contributed by atoms with Gasteiger partial charge in [0, 0.05) is 24.5 Å². The van der Waals surface area contributed by atoms with Crippen molar-refractivity contribution in [2.45, 2.75) is 6.92 Å². The second-order valence-corrected chi connectivity index (χ2v) is 3.26. The average molecular weight is 174 g/mol. The molecule has 0 bridgehead atoms. The van der Waals surface area contributed by atoms with Crippen molar-refractivity contribution in [3.63, 3.8) is 0 Å². The van der Waals surface area contributed by atoms with Crippen LogP contribution in [0.4, 0.5) is 5.82 Å². The van der Waals surface area contributed by atoms with E-state index >= 15 is 0 Å². The lowest BCUT2D eigenvalue weighted by Crippen LogP contribution is -2.15. The third-order valence-corrected chi connectivity index (χ3v) is 2.40. The number of H-pyrrole nitrogens is 1. The van der Waals surface area contributed by atoms with Crippen LogP contribution >= 0.6 is 0 Å². The van der Waals surface area contributed by atoms with Crippen LogP contribution in [-0.2, 0) is 0 Å². The molecule has 0 aliphatic carbocycles. The number of fused-ring (bicyclic) bond motifs is 1. The number of nitrogens with zero attached hydrogens (tertiary/aromatic N) is 1. The van der Waals surface area contributed by atoms with Crippen LogP contribution < -0.4 is 4.90 Å². The average Bonchev–Trinajstić information content (AvgIpc) is 2.59. The van der Waals surface area contributed by atoms with Gasteiger partial charge in [-0.1, -0.05) is 18.2 Å². The lowest BCUT2D eigenvalue weighted by Gasteiger charge is -2.13. The minimum atomic E-state index is 1.02. The Hall–Kier alpha value is -1.44. The summed E-state index contributed by atoms with van der Waals surface area (Å²) in [6, 6.07) is 10.5. The van der Waals surface area contributed by atoms with Gasteiger partial charge in [-0.3, -0.25) is 0 Å².